The third kappa shape index (κ3) is 3.70. The second-order valence-corrected chi connectivity index (χ2v) is 4.07. The second-order valence-electron chi connectivity index (χ2n) is 4.07. The van der Waals surface area contributed by atoms with Gasteiger partial charge in [-0.25, -0.2) is 0 Å². The SMILES string of the molecule is C=C(C)CC/C(C)=C\C1CC(=O)OC1=O. The molecule has 1 aliphatic heterocycles. The standard InChI is InChI=1S/C12H16O3/c1-8(2)4-5-9(3)6-10-7-11(13)15-12(10)14/h6,10H,1,4-5,7H2,2-3H3/b9-6-. The van der Waals surface area contributed by atoms with E-state index in [2.05, 4.69) is 11.3 Å². The number of carbonyl (C=O) groups is 2. The molecule has 0 aliphatic carbocycles. The summed E-state index contributed by atoms with van der Waals surface area (Å²) in [7, 11) is 0. The van der Waals surface area contributed by atoms with E-state index in [4.69, 9.17) is 0 Å². The number of hydrogen-bond acceptors (Lipinski definition) is 3. The lowest BCUT2D eigenvalue weighted by atomic mass is 10.0. The number of cyclic esters (lactones) is 2. The molecule has 82 valence electrons. The first kappa shape index (κ1) is 11.7. The lowest BCUT2D eigenvalue weighted by Gasteiger charge is -2.03. The monoisotopic (exact) mass is 208 g/mol. The number of carbonyl (C=O) groups excluding carboxylic acids is 2. The maximum atomic E-state index is 11.2. The molecule has 3 heteroatoms. The molecule has 1 unspecified atom stereocenters. The first-order valence-corrected chi connectivity index (χ1v) is 5.05. The summed E-state index contributed by atoms with van der Waals surface area (Å²) in [6, 6.07) is 0. The smallest absolute Gasteiger partial charge is 0.321 e. The van der Waals surface area contributed by atoms with Crippen LogP contribution in [0.5, 0.6) is 0 Å². The second kappa shape index (κ2) is 4.91. The molecule has 1 rings (SSSR count). The molecular formula is C12H16O3. The Balaban J connectivity index is 2.51. The Bertz CT molecular complexity index is 326. The number of ether oxygens (including phenoxy) is 1. The van der Waals surface area contributed by atoms with Gasteiger partial charge in [-0.2, -0.15) is 0 Å². The van der Waals surface area contributed by atoms with Gasteiger partial charge in [0.1, 0.15) is 0 Å². The average Bonchev–Trinajstić information content (AvgIpc) is 2.42. The molecule has 15 heavy (non-hydrogen) atoms. The molecule has 0 amide bonds. The maximum absolute atomic E-state index is 11.2. The Morgan fingerprint density at radius 2 is 2.13 bits per heavy atom. The minimum atomic E-state index is -0.422. The van der Waals surface area contributed by atoms with Gasteiger partial charge in [-0.1, -0.05) is 17.2 Å². The summed E-state index contributed by atoms with van der Waals surface area (Å²) < 4.78 is 4.46. The van der Waals surface area contributed by atoms with E-state index in [0.717, 1.165) is 24.0 Å². The molecule has 1 atom stereocenters. The zero-order valence-electron chi connectivity index (χ0n) is 9.21. The number of allylic oxidation sites excluding steroid dienone is 2. The van der Waals surface area contributed by atoms with Gasteiger partial charge in [-0.3, -0.25) is 9.59 Å². The summed E-state index contributed by atoms with van der Waals surface area (Å²) in [5, 5.41) is 0. The Morgan fingerprint density at radius 1 is 1.47 bits per heavy atom. The molecule has 0 saturated carbocycles. The molecule has 0 radical (unpaired) electrons. The van der Waals surface area contributed by atoms with Crippen molar-refractivity contribution in [2.45, 2.75) is 33.1 Å². The lowest BCUT2D eigenvalue weighted by Crippen LogP contribution is -2.04. The van der Waals surface area contributed by atoms with Crippen LogP contribution in [-0.2, 0) is 14.3 Å². The molecule has 0 aromatic carbocycles. The predicted molar refractivity (Wildman–Crippen MR) is 57.0 cm³/mol. The quantitative estimate of drug-likeness (QED) is 0.404. The highest BCUT2D eigenvalue weighted by atomic mass is 16.6. The highest BCUT2D eigenvalue weighted by molar-refractivity contribution is 5.95. The zero-order valence-corrected chi connectivity index (χ0v) is 9.21. The van der Waals surface area contributed by atoms with Crippen LogP contribution in [0.4, 0.5) is 0 Å². The summed E-state index contributed by atoms with van der Waals surface area (Å²) >= 11 is 0. The van der Waals surface area contributed by atoms with Crippen LogP contribution in [0.1, 0.15) is 33.1 Å². The predicted octanol–water partition coefficient (Wildman–Crippen LogP) is 2.38. The van der Waals surface area contributed by atoms with E-state index in [1.807, 2.05) is 19.9 Å². The van der Waals surface area contributed by atoms with Crippen molar-refractivity contribution >= 4 is 11.9 Å². The Morgan fingerprint density at radius 3 is 2.60 bits per heavy atom. The van der Waals surface area contributed by atoms with Crippen LogP contribution < -0.4 is 0 Å². The van der Waals surface area contributed by atoms with Crippen molar-refractivity contribution in [2.24, 2.45) is 5.92 Å². The fraction of sp³-hybridized carbons (Fsp3) is 0.500. The summed E-state index contributed by atoms with van der Waals surface area (Å²) in [5.74, 6) is -1.22. The Labute approximate surface area is 89.8 Å². The van der Waals surface area contributed by atoms with Crippen molar-refractivity contribution in [3.8, 4) is 0 Å². The van der Waals surface area contributed by atoms with E-state index in [0.29, 0.717) is 0 Å². The van der Waals surface area contributed by atoms with E-state index in [-0.39, 0.29) is 12.3 Å². The number of esters is 2. The first-order chi connectivity index (χ1) is 6.99. The van der Waals surface area contributed by atoms with Gasteiger partial charge in [0.25, 0.3) is 0 Å². The maximum Gasteiger partial charge on any atom is 0.321 e. The van der Waals surface area contributed by atoms with E-state index in [1.165, 1.54) is 0 Å². The van der Waals surface area contributed by atoms with Gasteiger partial charge in [-0.05, 0) is 26.7 Å². The van der Waals surface area contributed by atoms with E-state index in [9.17, 15) is 9.59 Å². The third-order valence-electron chi connectivity index (χ3n) is 2.34. The van der Waals surface area contributed by atoms with Crippen molar-refractivity contribution in [3.63, 3.8) is 0 Å². The van der Waals surface area contributed by atoms with Crippen LogP contribution in [0, 0.1) is 5.92 Å². The van der Waals surface area contributed by atoms with Gasteiger partial charge in [-0.15, -0.1) is 6.58 Å². The van der Waals surface area contributed by atoms with Gasteiger partial charge in [0.15, 0.2) is 0 Å². The van der Waals surface area contributed by atoms with Crippen LogP contribution in [0.25, 0.3) is 0 Å². The van der Waals surface area contributed by atoms with E-state index >= 15 is 0 Å². The summed E-state index contributed by atoms with van der Waals surface area (Å²) in [5.41, 5.74) is 2.22. The van der Waals surface area contributed by atoms with Gasteiger partial charge in [0.05, 0.1) is 12.3 Å². The molecule has 1 fully saturated rings. The largest absolute Gasteiger partial charge is 0.393 e. The van der Waals surface area contributed by atoms with Gasteiger partial charge in [0, 0.05) is 0 Å². The average molecular weight is 208 g/mol. The minimum Gasteiger partial charge on any atom is -0.393 e. The summed E-state index contributed by atoms with van der Waals surface area (Å²) in [4.78, 5) is 22.0. The first-order valence-electron chi connectivity index (χ1n) is 5.05. The fourth-order valence-corrected chi connectivity index (χ4v) is 1.46. The van der Waals surface area contributed by atoms with Gasteiger partial charge < -0.3 is 4.74 Å². The van der Waals surface area contributed by atoms with Crippen LogP contribution in [0.3, 0.4) is 0 Å². The molecule has 1 saturated heterocycles. The summed E-state index contributed by atoms with van der Waals surface area (Å²) in [6.07, 6.45) is 3.81. The molecule has 0 aromatic rings. The van der Waals surface area contributed by atoms with E-state index < -0.39 is 11.9 Å². The number of rotatable bonds is 4. The molecule has 0 spiro atoms. The van der Waals surface area contributed by atoms with Crippen LogP contribution in [-0.4, -0.2) is 11.9 Å². The molecule has 1 heterocycles. The molecule has 0 bridgehead atoms. The van der Waals surface area contributed by atoms with Crippen LogP contribution in [0.2, 0.25) is 0 Å². The van der Waals surface area contributed by atoms with Crippen molar-refractivity contribution in [1.82, 2.24) is 0 Å². The van der Waals surface area contributed by atoms with Crippen molar-refractivity contribution < 1.29 is 14.3 Å². The molecule has 1 aliphatic rings. The van der Waals surface area contributed by atoms with Crippen LogP contribution >= 0.6 is 0 Å². The van der Waals surface area contributed by atoms with Gasteiger partial charge in [0.2, 0.25) is 0 Å². The lowest BCUT2D eigenvalue weighted by molar-refractivity contribution is -0.152. The minimum absolute atomic E-state index is 0.184. The van der Waals surface area contributed by atoms with Crippen LogP contribution in [0.15, 0.2) is 23.8 Å². The van der Waals surface area contributed by atoms with Crippen molar-refractivity contribution in [1.29, 1.82) is 0 Å². The van der Waals surface area contributed by atoms with E-state index in [1.54, 1.807) is 0 Å². The summed E-state index contributed by atoms with van der Waals surface area (Å²) in [6.45, 7) is 7.74. The van der Waals surface area contributed by atoms with Crippen molar-refractivity contribution in [2.75, 3.05) is 0 Å². The highest BCUT2D eigenvalue weighted by Gasteiger charge is 2.31. The molecule has 3 nitrogen and oxygen atoms in total. The molecular weight excluding hydrogens is 192 g/mol. The number of hydrogen-bond donors (Lipinski definition) is 0. The third-order valence-corrected chi connectivity index (χ3v) is 2.34. The normalized spacial score (nSPS) is 21.7. The molecule has 0 N–H and O–H groups in total. The van der Waals surface area contributed by atoms with Gasteiger partial charge >= 0.3 is 11.9 Å². The zero-order chi connectivity index (χ0) is 11.4. The Hall–Kier alpha value is -1.38. The topological polar surface area (TPSA) is 43.4 Å². The molecule has 0 aromatic heterocycles. The fourth-order valence-electron chi connectivity index (χ4n) is 1.46. The highest BCUT2D eigenvalue weighted by Crippen LogP contribution is 2.20. The Kier molecular flexibility index (Phi) is 3.83. The van der Waals surface area contributed by atoms with Crippen molar-refractivity contribution in [3.05, 3.63) is 23.8 Å².